The number of benzene rings is 1. The first kappa shape index (κ1) is 17.2. The highest BCUT2D eigenvalue weighted by atomic mass is 32.2. The number of hydrogen-bond acceptors (Lipinski definition) is 6. The molecule has 0 radical (unpaired) electrons. The van der Waals surface area contributed by atoms with Crippen LogP contribution in [-0.4, -0.2) is 48.4 Å². The second-order valence-electron chi connectivity index (χ2n) is 6.74. The van der Waals surface area contributed by atoms with Crippen molar-refractivity contribution in [2.75, 3.05) is 25.0 Å². The zero-order valence-electron chi connectivity index (χ0n) is 14.7. The lowest BCUT2D eigenvalue weighted by Gasteiger charge is -2.32. The van der Waals surface area contributed by atoms with E-state index in [1.165, 1.54) is 6.33 Å². The molecular formula is C18H22N4O3S. The highest BCUT2D eigenvalue weighted by Crippen LogP contribution is 2.30. The zero-order valence-corrected chi connectivity index (χ0v) is 15.5. The van der Waals surface area contributed by atoms with Crippen LogP contribution in [-0.2, 0) is 16.4 Å². The molecule has 0 amide bonds. The Bertz CT molecular complexity index is 908. The van der Waals surface area contributed by atoms with Crippen molar-refractivity contribution < 1.29 is 13.2 Å². The average Bonchev–Trinajstić information content (AvgIpc) is 3.10. The number of aryl methyl sites for hydroxylation is 1. The molecule has 1 aromatic carbocycles. The number of piperidine rings is 1. The number of ether oxygens (including phenoxy) is 1. The highest BCUT2D eigenvalue weighted by molar-refractivity contribution is 7.89. The number of nitrogens with one attached hydrogen (secondary N) is 1. The van der Waals surface area contributed by atoms with E-state index >= 15 is 0 Å². The first-order valence-electron chi connectivity index (χ1n) is 8.83. The predicted octanol–water partition coefficient (Wildman–Crippen LogP) is 1.99. The van der Waals surface area contributed by atoms with Crippen molar-refractivity contribution in [3.63, 3.8) is 0 Å². The summed E-state index contributed by atoms with van der Waals surface area (Å²) in [6.45, 7) is 3.54. The fraction of sp³-hybridized carbons (Fsp3) is 0.444. The number of rotatable bonds is 4. The first-order valence-corrected chi connectivity index (χ1v) is 10.3. The largest absolute Gasteiger partial charge is 0.493 e. The van der Waals surface area contributed by atoms with E-state index in [0.29, 0.717) is 24.6 Å². The standard InChI is InChI=1S/C18H22N4O3S/c1-13-10-18(20-12-19-13)21-15-4-7-22(8-5-15)26(23,24)16-2-3-17-14(11-16)6-9-25-17/h2-3,10-12,15H,4-9H2,1H3,(H,19,20,21). The Morgan fingerprint density at radius 1 is 1.19 bits per heavy atom. The Balaban J connectivity index is 1.42. The van der Waals surface area contributed by atoms with Gasteiger partial charge in [0.2, 0.25) is 10.0 Å². The van der Waals surface area contributed by atoms with Gasteiger partial charge in [-0.25, -0.2) is 18.4 Å². The summed E-state index contributed by atoms with van der Waals surface area (Å²) >= 11 is 0. The summed E-state index contributed by atoms with van der Waals surface area (Å²) in [5, 5.41) is 3.38. The Kier molecular flexibility index (Phi) is 4.54. The zero-order chi connectivity index (χ0) is 18.1. The molecule has 1 saturated heterocycles. The van der Waals surface area contributed by atoms with E-state index in [0.717, 1.165) is 42.1 Å². The van der Waals surface area contributed by atoms with E-state index < -0.39 is 10.0 Å². The topological polar surface area (TPSA) is 84.4 Å². The molecule has 1 fully saturated rings. The van der Waals surface area contributed by atoms with Crippen LogP contribution in [0.4, 0.5) is 5.82 Å². The minimum atomic E-state index is -3.46. The monoisotopic (exact) mass is 374 g/mol. The van der Waals surface area contributed by atoms with Crippen molar-refractivity contribution in [3.05, 3.63) is 41.9 Å². The van der Waals surface area contributed by atoms with Gasteiger partial charge < -0.3 is 10.1 Å². The predicted molar refractivity (Wildman–Crippen MR) is 97.8 cm³/mol. The molecule has 2 aliphatic rings. The summed E-state index contributed by atoms with van der Waals surface area (Å²) in [6, 6.07) is 7.28. The molecule has 8 heteroatoms. The highest BCUT2D eigenvalue weighted by Gasteiger charge is 2.30. The molecule has 0 spiro atoms. The van der Waals surface area contributed by atoms with Gasteiger partial charge in [0.05, 0.1) is 11.5 Å². The van der Waals surface area contributed by atoms with Crippen molar-refractivity contribution in [3.8, 4) is 5.75 Å². The van der Waals surface area contributed by atoms with Crippen LogP contribution in [0.15, 0.2) is 35.5 Å². The molecule has 0 unspecified atom stereocenters. The van der Waals surface area contributed by atoms with Crippen LogP contribution in [0.25, 0.3) is 0 Å². The fourth-order valence-electron chi connectivity index (χ4n) is 3.46. The molecule has 2 aromatic rings. The normalized spacial score (nSPS) is 18.3. The molecule has 4 rings (SSSR count). The van der Waals surface area contributed by atoms with Crippen molar-refractivity contribution in [2.45, 2.75) is 37.1 Å². The SMILES string of the molecule is Cc1cc(NC2CCN(S(=O)(=O)c3ccc4c(c3)CCO4)CC2)ncn1. The molecule has 138 valence electrons. The Morgan fingerprint density at radius 3 is 2.77 bits per heavy atom. The second kappa shape index (κ2) is 6.85. The molecular weight excluding hydrogens is 352 g/mol. The number of aromatic nitrogens is 2. The van der Waals surface area contributed by atoms with E-state index in [-0.39, 0.29) is 6.04 Å². The molecule has 26 heavy (non-hydrogen) atoms. The third-order valence-corrected chi connectivity index (χ3v) is 6.80. The Morgan fingerprint density at radius 2 is 2.00 bits per heavy atom. The number of hydrogen-bond donors (Lipinski definition) is 1. The number of fused-ring (bicyclic) bond motifs is 1. The minimum Gasteiger partial charge on any atom is -0.493 e. The van der Waals surface area contributed by atoms with E-state index in [9.17, 15) is 8.42 Å². The van der Waals surface area contributed by atoms with Gasteiger partial charge in [-0.2, -0.15) is 4.31 Å². The lowest BCUT2D eigenvalue weighted by Crippen LogP contribution is -2.42. The quantitative estimate of drug-likeness (QED) is 0.881. The summed E-state index contributed by atoms with van der Waals surface area (Å²) in [6.07, 6.45) is 3.80. The molecule has 0 atom stereocenters. The number of anilines is 1. The van der Waals surface area contributed by atoms with Gasteiger partial charge in [0.1, 0.15) is 17.9 Å². The van der Waals surface area contributed by atoms with Gasteiger partial charge >= 0.3 is 0 Å². The van der Waals surface area contributed by atoms with Crippen molar-refractivity contribution >= 4 is 15.8 Å². The van der Waals surface area contributed by atoms with Crippen LogP contribution in [0.5, 0.6) is 5.75 Å². The lowest BCUT2D eigenvalue weighted by atomic mass is 10.1. The number of nitrogens with zero attached hydrogens (tertiary/aromatic N) is 3. The maximum absolute atomic E-state index is 12.9. The fourth-order valence-corrected chi connectivity index (χ4v) is 4.98. The molecule has 3 heterocycles. The maximum atomic E-state index is 12.9. The Hall–Kier alpha value is -2.19. The maximum Gasteiger partial charge on any atom is 0.243 e. The summed E-state index contributed by atoms with van der Waals surface area (Å²) in [5.74, 6) is 1.59. The van der Waals surface area contributed by atoms with Gasteiger partial charge in [-0.05, 0) is 43.5 Å². The molecule has 0 bridgehead atoms. The average molecular weight is 374 g/mol. The van der Waals surface area contributed by atoms with Crippen LogP contribution in [0, 0.1) is 6.92 Å². The second-order valence-corrected chi connectivity index (χ2v) is 8.67. The van der Waals surface area contributed by atoms with Crippen LogP contribution in [0.3, 0.4) is 0 Å². The molecule has 1 N–H and O–H groups in total. The van der Waals surface area contributed by atoms with Crippen LogP contribution in [0.2, 0.25) is 0 Å². The van der Waals surface area contributed by atoms with Crippen molar-refractivity contribution in [1.82, 2.24) is 14.3 Å². The van der Waals surface area contributed by atoms with E-state index in [4.69, 9.17) is 4.74 Å². The van der Waals surface area contributed by atoms with Gasteiger partial charge in [0.15, 0.2) is 0 Å². The Labute approximate surface area is 153 Å². The summed E-state index contributed by atoms with van der Waals surface area (Å²) in [5.41, 5.74) is 1.88. The van der Waals surface area contributed by atoms with E-state index in [1.54, 1.807) is 22.5 Å². The van der Waals surface area contributed by atoms with Gasteiger partial charge in [0, 0.05) is 37.3 Å². The molecule has 2 aliphatic heterocycles. The van der Waals surface area contributed by atoms with Crippen molar-refractivity contribution in [2.24, 2.45) is 0 Å². The molecule has 0 saturated carbocycles. The number of sulfonamides is 1. The van der Waals surface area contributed by atoms with Gasteiger partial charge in [-0.3, -0.25) is 0 Å². The van der Waals surface area contributed by atoms with Crippen LogP contribution in [0.1, 0.15) is 24.1 Å². The van der Waals surface area contributed by atoms with E-state index in [2.05, 4.69) is 15.3 Å². The van der Waals surface area contributed by atoms with Crippen LogP contribution >= 0.6 is 0 Å². The summed E-state index contributed by atoms with van der Waals surface area (Å²) < 4.78 is 32.9. The third-order valence-electron chi connectivity index (χ3n) is 4.91. The molecule has 7 nitrogen and oxygen atoms in total. The molecule has 1 aromatic heterocycles. The lowest BCUT2D eigenvalue weighted by molar-refractivity contribution is 0.329. The smallest absolute Gasteiger partial charge is 0.243 e. The van der Waals surface area contributed by atoms with Crippen molar-refractivity contribution in [1.29, 1.82) is 0 Å². The van der Waals surface area contributed by atoms with Crippen LogP contribution < -0.4 is 10.1 Å². The van der Waals surface area contributed by atoms with Gasteiger partial charge in [-0.15, -0.1) is 0 Å². The van der Waals surface area contributed by atoms with Gasteiger partial charge in [0.25, 0.3) is 0 Å². The summed E-state index contributed by atoms with van der Waals surface area (Å²) in [4.78, 5) is 8.67. The minimum absolute atomic E-state index is 0.212. The van der Waals surface area contributed by atoms with Gasteiger partial charge in [-0.1, -0.05) is 0 Å². The summed E-state index contributed by atoms with van der Waals surface area (Å²) in [7, 11) is -3.46. The first-order chi connectivity index (χ1) is 12.5. The molecule has 0 aliphatic carbocycles. The van der Waals surface area contributed by atoms with E-state index in [1.807, 2.05) is 13.0 Å². The third kappa shape index (κ3) is 3.39.